The molecule has 8 heteroatoms. The van der Waals surface area contributed by atoms with E-state index in [9.17, 15) is 14.4 Å². The Bertz CT molecular complexity index is 1130. The van der Waals surface area contributed by atoms with E-state index in [1.807, 2.05) is 24.3 Å². The van der Waals surface area contributed by atoms with Crippen LogP contribution in [0.2, 0.25) is 0 Å². The smallest absolute Gasteiger partial charge is 0.411 e. The van der Waals surface area contributed by atoms with E-state index in [0.717, 1.165) is 22.3 Å². The molecule has 33 heavy (non-hydrogen) atoms. The Morgan fingerprint density at radius 1 is 0.939 bits per heavy atom. The van der Waals surface area contributed by atoms with Gasteiger partial charge in [-0.2, -0.15) is 0 Å². The molecule has 2 amide bonds. The summed E-state index contributed by atoms with van der Waals surface area (Å²) in [6, 6.07) is 19.5. The molecule has 0 unspecified atom stereocenters. The van der Waals surface area contributed by atoms with Gasteiger partial charge >= 0.3 is 12.1 Å². The highest BCUT2D eigenvalue weighted by Gasteiger charge is 2.29. The molecule has 168 valence electrons. The molecule has 3 N–H and O–H groups in total. The van der Waals surface area contributed by atoms with Crippen LogP contribution in [0.15, 0.2) is 66.9 Å². The molecule has 0 radical (unpaired) electrons. The number of fused-ring (bicyclic) bond motifs is 3. The number of hydrogen-bond acceptors (Lipinski definition) is 5. The van der Waals surface area contributed by atoms with Gasteiger partial charge in [0.1, 0.15) is 6.61 Å². The zero-order valence-corrected chi connectivity index (χ0v) is 17.8. The summed E-state index contributed by atoms with van der Waals surface area (Å²) in [5.74, 6) is -1.32. The summed E-state index contributed by atoms with van der Waals surface area (Å²) in [5, 5.41) is 13.8. The van der Waals surface area contributed by atoms with Crippen molar-refractivity contribution < 1.29 is 24.2 Å². The number of ether oxygens (including phenoxy) is 1. The topological polar surface area (TPSA) is 118 Å². The van der Waals surface area contributed by atoms with Gasteiger partial charge in [-0.05, 0) is 34.4 Å². The Balaban J connectivity index is 1.30. The monoisotopic (exact) mass is 445 g/mol. The van der Waals surface area contributed by atoms with Crippen LogP contribution in [0.1, 0.15) is 29.2 Å². The average Bonchev–Trinajstić information content (AvgIpc) is 3.12. The van der Waals surface area contributed by atoms with Crippen molar-refractivity contribution in [3.05, 3.63) is 83.7 Å². The van der Waals surface area contributed by atoms with Crippen LogP contribution in [0.25, 0.3) is 11.1 Å². The van der Waals surface area contributed by atoms with E-state index < -0.39 is 12.1 Å². The largest absolute Gasteiger partial charge is 0.481 e. The molecule has 0 aliphatic heterocycles. The number of carbonyl (C=O) groups excluding carboxylic acids is 2. The van der Waals surface area contributed by atoms with Gasteiger partial charge in [0.15, 0.2) is 0 Å². The molecular weight excluding hydrogens is 422 g/mol. The van der Waals surface area contributed by atoms with Crippen molar-refractivity contribution >= 4 is 23.7 Å². The normalized spacial score (nSPS) is 11.9. The molecule has 0 fully saturated rings. The Morgan fingerprint density at radius 2 is 1.61 bits per heavy atom. The minimum absolute atomic E-state index is 0.0187. The molecule has 1 aliphatic carbocycles. The molecule has 0 saturated carbocycles. The number of aromatic nitrogens is 1. The van der Waals surface area contributed by atoms with Crippen molar-refractivity contribution in [3.63, 3.8) is 0 Å². The lowest BCUT2D eigenvalue weighted by Crippen LogP contribution is -2.27. The Labute approximate surface area is 190 Å². The van der Waals surface area contributed by atoms with Crippen LogP contribution in [0, 0.1) is 0 Å². The lowest BCUT2D eigenvalue weighted by Gasteiger charge is -2.14. The highest BCUT2D eigenvalue weighted by Crippen LogP contribution is 2.44. The lowest BCUT2D eigenvalue weighted by molar-refractivity contribution is -0.136. The fourth-order valence-corrected chi connectivity index (χ4v) is 3.89. The number of nitrogens with zero attached hydrogens (tertiary/aromatic N) is 1. The van der Waals surface area contributed by atoms with E-state index in [0.29, 0.717) is 11.4 Å². The molecule has 1 aliphatic rings. The fraction of sp³-hybridized carbons (Fsp3) is 0.200. The molecule has 2 aromatic carbocycles. The van der Waals surface area contributed by atoms with Crippen LogP contribution in [-0.4, -0.2) is 41.2 Å². The number of anilines is 1. The number of benzene rings is 2. The van der Waals surface area contributed by atoms with Crippen molar-refractivity contribution in [1.29, 1.82) is 0 Å². The number of rotatable bonds is 8. The highest BCUT2D eigenvalue weighted by atomic mass is 16.5. The number of pyridine rings is 1. The van der Waals surface area contributed by atoms with Gasteiger partial charge in [-0.3, -0.25) is 19.9 Å². The zero-order chi connectivity index (χ0) is 23.2. The molecule has 0 bridgehead atoms. The summed E-state index contributed by atoms with van der Waals surface area (Å²) in [5.41, 5.74) is 5.55. The van der Waals surface area contributed by atoms with Crippen molar-refractivity contribution in [3.8, 4) is 11.1 Å². The minimum atomic E-state index is -0.975. The van der Waals surface area contributed by atoms with E-state index >= 15 is 0 Å². The first kappa shape index (κ1) is 22.0. The predicted octanol–water partition coefficient (Wildman–Crippen LogP) is 3.58. The van der Waals surface area contributed by atoms with Crippen LogP contribution in [0.3, 0.4) is 0 Å². The number of nitrogens with one attached hydrogen (secondary N) is 2. The lowest BCUT2D eigenvalue weighted by atomic mass is 9.98. The summed E-state index contributed by atoms with van der Waals surface area (Å²) in [4.78, 5) is 38.8. The van der Waals surface area contributed by atoms with Gasteiger partial charge in [0.25, 0.3) is 0 Å². The molecule has 0 spiro atoms. The third-order valence-corrected chi connectivity index (χ3v) is 5.42. The van der Waals surface area contributed by atoms with Crippen LogP contribution < -0.4 is 10.6 Å². The fourth-order valence-electron chi connectivity index (χ4n) is 3.89. The zero-order valence-electron chi connectivity index (χ0n) is 17.8. The summed E-state index contributed by atoms with van der Waals surface area (Å²) in [7, 11) is 0. The molecular formula is C25H23N3O5. The molecule has 1 aromatic heterocycles. The van der Waals surface area contributed by atoms with Crippen LogP contribution >= 0.6 is 0 Å². The van der Waals surface area contributed by atoms with E-state index in [1.165, 1.54) is 6.20 Å². The summed E-state index contributed by atoms with van der Waals surface area (Å²) in [6.45, 7) is 0.275. The number of carboxylic acids is 1. The molecule has 4 rings (SSSR count). The highest BCUT2D eigenvalue weighted by molar-refractivity contribution is 5.85. The molecule has 0 atom stereocenters. The third kappa shape index (κ3) is 5.35. The van der Waals surface area contributed by atoms with Crippen molar-refractivity contribution in [2.24, 2.45) is 0 Å². The number of amides is 2. The van der Waals surface area contributed by atoms with Crippen LogP contribution in [-0.2, 0) is 20.7 Å². The van der Waals surface area contributed by atoms with Crippen LogP contribution in [0.5, 0.6) is 0 Å². The standard InChI is InChI=1S/C25H23N3O5/c29-23(26-12-11-24(30)31)13-16-9-10-17(14-27-16)28-25(32)33-15-22-20-7-3-1-5-18(20)19-6-2-4-8-21(19)22/h1-10,14,22H,11-13,15H2,(H,26,29)(H,28,32)(H,30,31). The molecule has 1 heterocycles. The van der Waals surface area contributed by atoms with Gasteiger partial charge in [0, 0.05) is 18.2 Å². The maximum Gasteiger partial charge on any atom is 0.411 e. The second kappa shape index (κ2) is 9.95. The van der Waals surface area contributed by atoms with E-state index in [4.69, 9.17) is 9.84 Å². The van der Waals surface area contributed by atoms with Crippen molar-refractivity contribution in [2.75, 3.05) is 18.5 Å². The SMILES string of the molecule is O=C(O)CCNC(=O)Cc1ccc(NC(=O)OCC2c3ccccc3-c3ccccc32)cn1. The molecule has 8 nitrogen and oxygen atoms in total. The first-order valence-corrected chi connectivity index (χ1v) is 10.6. The maximum absolute atomic E-state index is 12.4. The second-order valence-corrected chi connectivity index (χ2v) is 7.66. The minimum Gasteiger partial charge on any atom is -0.481 e. The number of hydrogen-bond donors (Lipinski definition) is 3. The quantitative estimate of drug-likeness (QED) is 0.488. The van der Waals surface area contributed by atoms with Gasteiger partial charge in [0.05, 0.1) is 24.7 Å². The van der Waals surface area contributed by atoms with E-state index in [1.54, 1.807) is 12.1 Å². The molecule has 3 aromatic rings. The Kier molecular flexibility index (Phi) is 6.64. The first-order valence-electron chi connectivity index (χ1n) is 10.6. The number of aliphatic carboxylic acids is 1. The summed E-state index contributed by atoms with van der Waals surface area (Å²) in [6.07, 6.45) is 0.742. The van der Waals surface area contributed by atoms with Crippen molar-refractivity contribution in [1.82, 2.24) is 10.3 Å². The van der Waals surface area contributed by atoms with Gasteiger partial charge < -0.3 is 15.2 Å². The Morgan fingerprint density at radius 3 is 2.21 bits per heavy atom. The van der Waals surface area contributed by atoms with Gasteiger partial charge in [-0.15, -0.1) is 0 Å². The number of carbonyl (C=O) groups is 3. The van der Waals surface area contributed by atoms with Gasteiger partial charge in [-0.25, -0.2) is 4.79 Å². The van der Waals surface area contributed by atoms with Gasteiger partial charge in [-0.1, -0.05) is 48.5 Å². The summed E-state index contributed by atoms with van der Waals surface area (Å²) < 4.78 is 5.51. The van der Waals surface area contributed by atoms with Crippen LogP contribution in [0.4, 0.5) is 10.5 Å². The van der Waals surface area contributed by atoms with Crippen molar-refractivity contribution in [2.45, 2.75) is 18.8 Å². The van der Waals surface area contributed by atoms with Gasteiger partial charge in [0.2, 0.25) is 5.91 Å². The maximum atomic E-state index is 12.4. The number of carboxylic acid groups (broad SMARTS) is 1. The molecule has 0 saturated heterocycles. The van der Waals surface area contributed by atoms with E-state index in [-0.39, 0.29) is 37.8 Å². The van der Waals surface area contributed by atoms with E-state index in [2.05, 4.69) is 39.9 Å². The average molecular weight is 445 g/mol. The first-order chi connectivity index (χ1) is 16.0. The summed E-state index contributed by atoms with van der Waals surface area (Å²) >= 11 is 0. The third-order valence-electron chi connectivity index (χ3n) is 5.42. The predicted molar refractivity (Wildman–Crippen MR) is 122 cm³/mol. The Hall–Kier alpha value is -4.20. The second-order valence-electron chi connectivity index (χ2n) is 7.66.